The Labute approximate surface area is 125 Å². The lowest BCUT2D eigenvalue weighted by molar-refractivity contribution is 0.279. The van der Waals surface area contributed by atoms with Gasteiger partial charge in [-0.05, 0) is 44.9 Å². The Morgan fingerprint density at radius 3 is 3.00 bits per heavy atom. The fourth-order valence-electron chi connectivity index (χ4n) is 2.74. The van der Waals surface area contributed by atoms with Gasteiger partial charge in [0.15, 0.2) is 0 Å². The third-order valence-electron chi connectivity index (χ3n) is 4.04. The van der Waals surface area contributed by atoms with E-state index in [0.29, 0.717) is 5.92 Å². The predicted molar refractivity (Wildman–Crippen MR) is 82.1 cm³/mol. The van der Waals surface area contributed by atoms with Crippen LogP contribution in [0.1, 0.15) is 23.8 Å². The van der Waals surface area contributed by atoms with E-state index in [2.05, 4.69) is 20.2 Å². The molecule has 3 rings (SSSR count). The second-order valence-corrected chi connectivity index (χ2v) is 5.73. The lowest BCUT2D eigenvalue weighted by atomic mass is 10.1. The van der Waals surface area contributed by atoms with E-state index in [9.17, 15) is 0 Å². The van der Waals surface area contributed by atoms with Gasteiger partial charge in [-0.3, -0.25) is 4.90 Å². The van der Waals surface area contributed by atoms with Crippen LogP contribution in [-0.2, 0) is 6.54 Å². The molecule has 0 aromatic carbocycles. The summed E-state index contributed by atoms with van der Waals surface area (Å²) in [6, 6.07) is 5.94. The summed E-state index contributed by atoms with van der Waals surface area (Å²) < 4.78 is 5.66. The van der Waals surface area contributed by atoms with Gasteiger partial charge in [-0.2, -0.15) is 0 Å². The van der Waals surface area contributed by atoms with Gasteiger partial charge in [0.2, 0.25) is 5.89 Å². The molecule has 0 unspecified atom stereocenters. The summed E-state index contributed by atoms with van der Waals surface area (Å²) >= 11 is 0. The topological polar surface area (TPSA) is 54.2 Å². The van der Waals surface area contributed by atoms with E-state index in [1.165, 1.54) is 6.42 Å². The first-order valence-corrected chi connectivity index (χ1v) is 7.51. The monoisotopic (exact) mass is 286 g/mol. The smallest absolute Gasteiger partial charge is 0.208 e. The van der Waals surface area contributed by atoms with Crippen molar-refractivity contribution in [3.63, 3.8) is 0 Å². The molecular formula is C16H22N4O. The average molecular weight is 286 g/mol. The number of hydrogen-bond acceptors (Lipinski definition) is 5. The van der Waals surface area contributed by atoms with Crippen molar-refractivity contribution in [2.45, 2.75) is 26.8 Å². The third-order valence-corrected chi connectivity index (χ3v) is 4.04. The van der Waals surface area contributed by atoms with Crippen molar-refractivity contribution in [1.29, 1.82) is 0 Å². The minimum absolute atomic E-state index is 0.657. The Kier molecular flexibility index (Phi) is 4.20. The van der Waals surface area contributed by atoms with Crippen LogP contribution in [-0.4, -0.2) is 34.5 Å². The quantitative estimate of drug-likeness (QED) is 0.915. The highest BCUT2D eigenvalue weighted by atomic mass is 16.4. The number of nitrogens with one attached hydrogen (secondary N) is 1. The average Bonchev–Trinajstić information content (AvgIpc) is 3.05. The number of nitrogens with zero attached hydrogens (tertiary/aromatic N) is 3. The second kappa shape index (κ2) is 6.26. The van der Waals surface area contributed by atoms with Crippen LogP contribution in [0.15, 0.2) is 28.8 Å². The number of anilines is 1. The summed E-state index contributed by atoms with van der Waals surface area (Å²) in [5.74, 6) is 3.37. The number of aromatic nitrogens is 2. The fraction of sp³-hybridized carbons (Fsp3) is 0.500. The standard InChI is InChI=1S/C16H22N4O/c1-12-13(2)21-16(19-12)11-20-8-6-14(10-20)9-18-15-5-3-4-7-17-15/h3-5,7,14H,6,8-11H2,1-2H3,(H,17,18)/t14-/m1/s1. The molecule has 1 saturated heterocycles. The molecule has 1 fully saturated rings. The molecule has 1 aliphatic rings. The van der Waals surface area contributed by atoms with Crippen molar-refractivity contribution in [1.82, 2.24) is 14.9 Å². The van der Waals surface area contributed by atoms with E-state index in [0.717, 1.165) is 49.3 Å². The van der Waals surface area contributed by atoms with Gasteiger partial charge in [0, 0.05) is 19.3 Å². The summed E-state index contributed by atoms with van der Waals surface area (Å²) in [7, 11) is 0. The Bertz CT molecular complexity index is 562. The van der Waals surface area contributed by atoms with E-state index >= 15 is 0 Å². The summed E-state index contributed by atoms with van der Waals surface area (Å²) in [6.07, 6.45) is 3.02. The van der Waals surface area contributed by atoms with Crippen molar-refractivity contribution in [2.75, 3.05) is 25.0 Å². The van der Waals surface area contributed by atoms with Crippen molar-refractivity contribution < 1.29 is 4.42 Å². The summed E-state index contributed by atoms with van der Waals surface area (Å²) in [6.45, 7) is 7.93. The number of pyridine rings is 1. The SMILES string of the molecule is Cc1nc(CN2CC[C@H](CNc3ccccn3)C2)oc1C. The van der Waals surface area contributed by atoms with Gasteiger partial charge < -0.3 is 9.73 Å². The van der Waals surface area contributed by atoms with Gasteiger partial charge in [0.05, 0.1) is 12.2 Å². The summed E-state index contributed by atoms with van der Waals surface area (Å²) in [5, 5.41) is 3.41. The highest BCUT2D eigenvalue weighted by Gasteiger charge is 2.23. The van der Waals surface area contributed by atoms with Crippen molar-refractivity contribution in [3.8, 4) is 0 Å². The predicted octanol–water partition coefficient (Wildman–Crippen LogP) is 2.62. The molecule has 0 aliphatic carbocycles. The molecule has 3 heterocycles. The zero-order valence-electron chi connectivity index (χ0n) is 12.7. The molecule has 2 aromatic heterocycles. The van der Waals surface area contributed by atoms with Crippen molar-refractivity contribution >= 4 is 5.82 Å². The summed E-state index contributed by atoms with van der Waals surface area (Å²) in [5.41, 5.74) is 0.998. The molecule has 0 saturated carbocycles. The molecule has 0 spiro atoms. The molecular weight excluding hydrogens is 264 g/mol. The lowest BCUT2D eigenvalue weighted by Crippen LogP contribution is -2.23. The first-order chi connectivity index (χ1) is 10.2. The van der Waals surface area contributed by atoms with Crippen molar-refractivity contribution in [3.05, 3.63) is 41.7 Å². The van der Waals surface area contributed by atoms with E-state index in [4.69, 9.17) is 4.42 Å². The van der Waals surface area contributed by atoms with Gasteiger partial charge in [-0.15, -0.1) is 0 Å². The maximum atomic E-state index is 5.66. The highest BCUT2D eigenvalue weighted by Crippen LogP contribution is 2.20. The molecule has 5 nitrogen and oxygen atoms in total. The largest absolute Gasteiger partial charge is 0.444 e. The van der Waals surface area contributed by atoms with E-state index in [1.54, 1.807) is 0 Å². The molecule has 5 heteroatoms. The molecule has 1 aliphatic heterocycles. The van der Waals surface area contributed by atoms with E-state index in [1.807, 2.05) is 38.2 Å². The van der Waals surface area contributed by atoms with Crippen LogP contribution >= 0.6 is 0 Å². The van der Waals surface area contributed by atoms with Crippen LogP contribution < -0.4 is 5.32 Å². The maximum Gasteiger partial charge on any atom is 0.208 e. The van der Waals surface area contributed by atoms with Gasteiger partial charge in [-0.25, -0.2) is 9.97 Å². The van der Waals surface area contributed by atoms with E-state index in [-0.39, 0.29) is 0 Å². The third kappa shape index (κ3) is 3.61. The molecule has 0 bridgehead atoms. The number of hydrogen-bond donors (Lipinski definition) is 1. The van der Waals surface area contributed by atoms with Crippen molar-refractivity contribution in [2.24, 2.45) is 5.92 Å². The van der Waals surface area contributed by atoms with Crippen LogP contribution in [0, 0.1) is 19.8 Å². The first-order valence-electron chi connectivity index (χ1n) is 7.51. The molecule has 21 heavy (non-hydrogen) atoms. The number of likely N-dealkylation sites (tertiary alicyclic amines) is 1. The summed E-state index contributed by atoms with van der Waals surface area (Å²) in [4.78, 5) is 11.2. The highest BCUT2D eigenvalue weighted by molar-refractivity contribution is 5.33. The minimum atomic E-state index is 0.657. The normalized spacial score (nSPS) is 19.0. The Balaban J connectivity index is 1.47. The fourth-order valence-corrected chi connectivity index (χ4v) is 2.74. The Morgan fingerprint density at radius 2 is 2.29 bits per heavy atom. The van der Waals surface area contributed by atoms with Gasteiger partial charge in [0.1, 0.15) is 11.6 Å². The van der Waals surface area contributed by atoms with Crippen LogP contribution in [0.2, 0.25) is 0 Å². The molecule has 1 N–H and O–H groups in total. The minimum Gasteiger partial charge on any atom is -0.444 e. The maximum absolute atomic E-state index is 5.66. The van der Waals surface area contributed by atoms with E-state index < -0.39 is 0 Å². The zero-order chi connectivity index (χ0) is 14.7. The van der Waals surface area contributed by atoms with Gasteiger partial charge in [0.25, 0.3) is 0 Å². The lowest BCUT2D eigenvalue weighted by Gasteiger charge is -2.14. The van der Waals surface area contributed by atoms with Crippen LogP contribution in [0.25, 0.3) is 0 Å². The van der Waals surface area contributed by atoms with Gasteiger partial charge >= 0.3 is 0 Å². The number of aryl methyl sites for hydroxylation is 2. The van der Waals surface area contributed by atoms with Gasteiger partial charge in [-0.1, -0.05) is 6.07 Å². The molecule has 0 amide bonds. The van der Waals surface area contributed by atoms with Crippen LogP contribution in [0.4, 0.5) is 5.82 Å². The Hall–Kier alpha value is -1.88. The first kappa shape index (κ1) is 14.1. The molecule has 0 radical (unpaired) electrons. The number of rotatable bonds is 5. The molecule has 2 aromatic rings. The zero-order valence-corrected chi connectivity index (χ0v) is 12.7. The second-order valence-electron chi connectivity index (χ2n) is 5.73. The molecule has 112 valence electrons. The number of oxazole rings is 1. The van der Waals surface area contributed by atoms with Crippen LogP contribution in [0.3, 0.4) is 0 Å². The Morgan fingerprint density at radius 1 is 1.38 bits per heavy atom. The molecule has 1 atom stereocenters. The van der Waals surface area contributed by atoms with Crippen LogP contribution in [0.5, 0.6) is 0 Å².